The minimum Gasteiger partial charge on any atom is -0.476 e. The maximum Gasteiger partial charge on any atom is 0.268 e. The van der Waals surface area contributed by atoms with Gasteiger partial charge in [0.25, 0.3) is 15.9 Å². The van der Waals surface area contributed by atoms with E-state index in [4.69, 9.17) is 9.72 Å². The molecule has 1 aliphatic carbocycles. The molecule has 1 aliphatic heterocycles. The molecule has 5 rings (SSSR count). The number of benzene rings is 1. The molecule has 208 valence electrons. The third-order valence-electron chi connectivity index (χ3n) is 7.78. The summed E-state index contributed by atoms with van der Waals surface area (Å²) in [5.74, 6) is 1.73. The van der Waals surface area contributed by atoms with Crippen LogP contribution in [-0.4, -0.2) is 47.8 Å². The van der Waals surface area contributed by atoms with Crippen LogP contribution in [0.2, 0.25) is 0 Å². The Bertz CT molecular complexity index is 1460. The van der Waals surface area contributed by atoms with Crippen LogP contribution in [0.25, 0.3) is 5.82 Å². The van der Waals surface area contributed by atoms with Gasteiger partial charge in [0.15, 0.2) is 5.82 Å². The number of amides is 1. The van der Waals surface area contributed by atoms with E-state index in [1.165, 1.54) is 31.7 Å². The average Bonchev–Trinajstić information content (AvgIpc) is 3.62. The van der Waals surface area contributed by atoms with Crippen molar-refractivity contribution in [2.75, 3.05) is 18.1 Å². The van der Waals surface area contributed by atoms with E-state index < -0.39 is 15.9 Å². The fourth-order valence-electron chi connectivity index (χ4n) is 5.89. The molecule has 9 nitrogen and oxygen atoms in total. The van der Waals surface area contributed by atoms with Gasteiger partial charge in [0.1, 0.15) is 5.82 Å². The molecule has 1 saturated heterocycles. The number of hydrogen-bond donors (Lipinski definition) is 1. The standard InChI is InChI=1S/C29H37N5O4S/c1-20-17-29(3,4)33(18-20)27-23(28(35)32-39(36,37)24-12-8-5-9-21(24)2)13-14-25(30-27)34-16-15-26(31-34)38-19-22-10-6-7-11-22/h5,8-9,12-16,20,22H,6-7,10-11,17-19H2,1-4H3,(H,32,35)/t20-/m0/s1. The van der Waals surface area contributed by atoms with Crippen molar-refractivity contribution in [2.24, 2.45) is 11.8 Å². The lowest BCUT2D eigenvalue weighted by Gasteiger charge is -2.34. The van der Waals surface area contributed by atoms with E-state index in [2.05, 4.69) is 35.5 Å². The van der Waals surface area contributed by atoms with E-state index in [1.807, 2.05) is 6.07 Å². The number of nitrogens with one attached hydrogen (secondary N) is 1. The number of pyridine rings is 1. The fraction of sp³-hybridized carbons (Fsp3) is 0.483. The zero-order valence-electron chi connectivity index (χ0n) is 23.1. The molecule has 0 radical (unpaired) electrons. The third kappa shape index (κ3) is 5.80. The van der Waals surface area contributed by atoms with Crippen LogP contribution in [0.5, 0.6) is 5.88 Å². The summed E-state index contributed by atoms with van der Waals surface area (Å²) in [5.41, 5.74) is 0.489. The van der Waals surface area contributed by atoms with E-state index in [9.17, 15) is 13.2 Å². The number of carbonyl (C=O) groups is 1. The van der Waals surface area contributed by atoms with Crippen molar-refractivity contribution >= 4 is 21.7 Å². The van der Waals surface area contributed by atoms with E-state index in [1.54, 1.807) is 48.1 Å². The highest BCUT2D eigenvalue weighted by Gasteiger charge is 2.39. The van der Waals surface area contributed by atoms with Crippen molar-refractivity contribution in [3.8, 4) is 11.7 Å². The summed E-state index contributed by atoms with van der Waals surface area (Å²) in [4.78, 5) is 20.5. The zero-order valence-corrected chi connectivity index (χ0v) is 23.9. The van der Waals surface area contributed by atoms with Gasteiger partial charge in [-0.05, 0) is 75.6 Å². The summed E-state index contributed by atoms with van der Waals surface area (Å²) in [6.45, 7) is 9.44. The van der Waals surface area contributed by atoms with Crippen LogP contribution in [0.1, 0.15) is 68.8 Å². The van der Waals surface area contributed by atoms with Crippen LogP contribution in [-0.2, 0) is 10.0 Å². The molecular formula is C29H37N5O4S. The Labute approximate surface area is 230 Å². The molecule has 39 heavy (non-hydrogen) atoms. The number of nitrogens with zero attached hydrogens (tertiary/aromatic N) is 4. The summed E-state index contributed by atoms with van der Waals surface area (Å²) >= 11 is 0. The number of aromatic nitrogens is 3. The first-order valence-corrected chi connectivity index (χ1v) is 15.1. The Balaban J connectivity index is 1.46. The van der Waals surface area contributed by atoms with Crippen LogP contribution in [0.15, 0.2) is 53.6 Å². The van der Waals surface area contributed by atoms with Gasteiger partial charge < -0.3 is 9.64 Å². The van der Waals surface area contributed by atoms with Crippen LogP contribution in [0.4, 0.5) is 5.82 Å². The summed E-state index contributed by atoms with van der Waals surface area (Å²) < 4.78 is 36.0. The lowest BCUT2D eigenvalue weighted by molar-refractivity contribution is 0.0981. The first kappa shape index (κ1) is 27.2. The highest BCUT2D eigenvalue weighted by molar-refractivity contribution is 7.90. The molecule has 0 spiro atoms. The second-order valence-corrected chi connectivity index (χ2v) is 13.2. The van der Waals surface area contributed by atoms with Gasteiger partial charge >= 0.3 is 0 Å². The van der Waals surface area contributed by atoms with Gasteiger partial charge in [-0.1, -0.05) is 38.0 Å². The molecule has 1 N–H and O–H groups in total. The summed E-state index contributed by atoms with van der Waals surface area (Å²) in [7, 11) is -4.07. The molecule has 0 bridgehead atoms. The molecule has 2 aliphatic rings. The quantitative estimate of drug-likeness (QED) is 0.425. The fourth-order valence-corrected chi connectivity index (χ4v) is 7.10. The lowest BCUT2D eigenvalue weighted by atomic mass is 9.97. The molecule has 2 aromatic heterocycles. The first-order valence-electron chi connectivity index (χ1n) is 13.6. The highest BCUT2D eigenvalue weighted by Crippen LogP contribution is 2.38. The van der Waals surface area contributed by atoms with Gasteiger partial charge in [0, 0.05) is 24.3 Å². The van der Waals surface area contributed by atoms with Crippen molar-refractivity contribution in [1.29, 1.82) is 0 Å². The largest absolute Gasteiger partial charge is 0.476 e. The Morgan fingerprint density at radius 2 is 1.87 bits per heavy atom. The number of hydrogen-bond acceptors (Lipinski definition) is 7. The molecule has 1 saturated carbocycles. The van der Waals surface area contributed by atoms with Gasteiger partial charge in [-0.2, -0.15) is 0 Å². The Morgan fingerprint density at radius 1 is 1.13 bits per heavy atom. The van der Waals surface area contributed by atoms with Gasteiger partial charge in [-0.15, -0.1) is 5.10 Å². The molecule has 0 unspecified atom stereocenters. The van der Waals surface area contributed by atoms with E-state index in [-0.39, 0.29) is 16.0 Å². The van der Waals surface area contributed by atoms with Crippen molar-refractivity contribution < 1.29 is 17.9 Å². The average molecular weight is 552 g/mol. The van der Waals surface area contributed by atoms with Crippen molar-refractivity contribution in [3.05, 3.63) is 59.8 Å². The maximum absolute atomic E-state index is 13.5. The normalized spacial score (nSPS) is 19.4. The number of anilines is 1. The molecule has 1 amide bonds. The van der Waals surface area contributed by atoms with E-state index >= 15 is 0 Å². The first-order chi connectivity index (χ1) is 18.5. The molecule has 3 heterocycles. The third-order valence-corrected chi connectivity index (χ3v) is 9.28. The van der Waals surface area contributed by atoms with Crippen molar-refractivity contribution in [3.63, 3.8) is 0 Å². The number of rotatable bonds is 8. The Hall–Kier alpha value is -3.40. The molecule has 1 atom stereocenters. The van der Waals surface area contributed by atoms with Crippen LogP contribution >= 0.6 is 0 Å². The molecule has 2 fully saturated rings. The summed E-state index contributed by atoms with van der Waals surface area (Å²) in [6.07, 6.45) is 7.61. The summed E-state index contributed by atoms with van der Waals surface area (Å²) in [5, 5.41) is 4.56. The van der Waals surface area contributed by atoms with Crippen LogP contribution in [0.3, 0.4) is 0 Å². The van der Waals surface area contributed by atoms with Gasteiger partial charge in [0.05, 0.1) is 17.1 Å². The van der Waals surface area contributed by atoms with Gasteiger partial charge in [0.2, 0.25) is 5.88 Å². The Kier molecular flexibility index (Phi) is 7.41. The lowest BCUT2D eigenvalue weighted by Crippen LogP contribution is -2.41. The molecule has 10 heteroatoms. The number of aryl methyl sites for hydroxylation is 1. The van der Waals surface area contributed by atoms with E-state index in [0.717, 1.165) is 6.42 Å². The molecule has 3 aromatic rings. The monoisotopic (exact) mass is 551 g/mol. The topological polar surface area (TPSA) is 106 Å². The molecule has 1 aromatic carbocycles. The second kappa shape index (κ2) is 10.6. The predicted octanol–water partition coefficient (Wildman–Crippen LogP) is 4.89. The minimum atomic E-state index is -4.07. The zero-order chi connectivity index (χ0) is 27.8. The van der Waals surface area contributed by atoms with Crippen molar-refractivity contribution in [1.82, 2.24) is 19.5 Å². The van der Waals surface area contributed by atoms with Crippen LogP contribution < -0.4 is 14.4 Å². The van der Waals surface area contributed by atoms with Gasteiger partial charge in [-0.3, -0.25) is 4.79 Å². The number of ether oxygens (including phenoxy) is 1. The SMILES string of the molecule is Cc1ccccc1S(=O)(=O)NC(=O)c1ccc(-n2ccc(OCC3CCCC3)n2)nc1N1C[C@@H](C)CC1(C)C. The van der Waals surface area contributed by atoms with Crippen molar-refractivity contribution in [2.45, 2.75) is 70.2 Å². The summed E-state index contributed by atoms with van der Waals surface area (Å²) in [6, 6.07) is 11.7. The van der Waals surface area contributed by atoms with Crippen LogP contribution in [0, 0.1) is 18.8 Å². The highest BCUT2D eigenvalue weighted by atomic mass is 32.2. The smallest absolute Gasteiger partial charge is 0.268 e. The second-order valence-electron chi connectivity index (χ2n) is 11.5. The maximum atomic E-state index is 13.5. The van der Waals surface area contributed by atoms with E-state index in [0.29, 0.717) is 48.1 Å². The Morgan fingerprint density at radius 3 is 2.56 bits per heavy atom. The minimum absolute atomic E-state index is 0.0706. The molecular weight excluding hydrogens is 514 g/mol. The van der Waals surface area contributed by atoms with Gasteiger partial charge in [-0.25, -0.2) is 22.8 Å². The number of carbonyl (C=O) groups excluding carboxylic acids is 1. The number of sulfonamides is 1. The predicted molar refractivity (Wildman–Crippen MR) is 150 cm³/mol.